The Hall–Kier alpha value is -2.56. The molecule has 0 aromatic heterocycles. The number of rotatable bonds is 5. The molecule has 2 aromatic carbocycles. The van der Waals surface area contributed by atoms with Crippen molar-refractivity contribution in [2.75, 3.05) is 13.7 Å². The van der Waals surface area contributed by atoms with E-state index < -0.39 is 42.6 Å². The van der Waals surface area contributed by atoms with Crippen molar-refractivity contribution in [1.29, 1.82) is 0 Å². The fourth-order valence-electron chi connectivity index (χ4n) is 3.24. The average Bonchev–Trinajstić information content (AvgIpc) is 2.75. The fourth-order valence-corrected chi connectivity index (χ4v) is 3.24. The second-order valence-electron chi connectivity index (χ2n) is 7.27. The molecule has 0 saturated carbocycles. The number of benzene rings is 2. The lowest BCUT2D eigenvalue weighted by Crippen LogP contribution is -2.66. The number of hydrogen-bond acceptors (Lipinski definition) is 7. The van der Waals surface area contributed by atoms with Gasteiger partial charge in [0.25, 0.3) is 5.91 Å². The van der Waals surface area contributed by atoms with E-state index in [1.165, 1.54) is 26.1 Å². The van der Waals surface area contributed by atoms with Crippen LogP contribution in [-0.2, 0) is 4.74 Å². The number of amides is 1. The molecule has 5 N–H and O–H groups in total. The minimum Gasteiger partial charge on any atom is -0.459 e. The first-order valence-corrected chi connectivity index (χ1v) is 9.32. The van der Waals surface area contributed by atoms with E-state index in [4.69, 9.17) is 9.47 Å². The van der Waals surface area contributed by atoms with Crippen molar-refractivity contribution in [3.63, 3.8) is 0 Å². The van der Waals surface area contributed by atoms with Gasteiger partial charge in [-0.2, -0.15) is 0 Å². The van der Waals surface area contributed by atoms with Crippen LogP contribution in [-0.4, -0.2) is 70.2 Å². The van der Waals surface area contributed by atoms with Gasteiger partial charge < -0.3 is 35.2 Å². The van der Waals surface area contributed by atoms with E-state index in [0.29, 0.717) is 16.7 Å². The van der Waals surface area contributed by atoms with Crippen LogP contribution in [0.1, 0.15) is 17.3 Å². The lowest BCUT2D eigenvalue weighted by Gasteiger charge is -2.45. The summed E-state index contributed by atoms with van der Waals surface area (Å²) in [5, 5.41) is 42.3. The second kappa shape index (κ2) is 8.66. The topological polar surface area (TPSA) is 128 Å². The summed E-state index contributed by atoms with van der Waals surface area (Å²) >= 11 is 0. The van der Waals surface area contributed by atoms with Gasteiger partial charge in [-0.15, -0.1) is 0 Å². The standard InChI is InChI=1S/C21H24FNO7/c1-21(28)18(26)17(25)16(10-24)30-20(21)29-15-7-6-12(9-14(15)22)11-4-3-5-13(8-11)19(27)23-2/h3-9,16-18,20,24-26,28H,10H2,1-2H3,(H,23,27)/t16?,17-,18+,20+,21+/m1/s1. The van der Waals surface area contributed by atoms with Crippen molar-refractivity contribution in [3.8, 4) is 16.9 Å². The maximum absolute atomic E-state index is 14.7. The van der Waals surface area contributed by atoms with Gasteiger partial charge in [-0.05, 0) is 42.3 Å². The van der Waals surface area contributed by atoms with E-state index in [0.717, 1.165) is 0 Å². The molecule has 1 unspecified atom stereocenters. The van der Waals surface area contributed by atoms with Gasteiger partial charge in [0.15, 0.2) is 17.2 Å². The van der Waals surface area contributed by atoms with Crippen molar-refractivity contribution in [2.24, 2.45) is 0 Å². The molecule has 1 fully saturated rings. The summed E-state index contributed by atoms with van der Waals surface area (Å²) in [6.45, 7) is 0.549. The van der Waals surface area contributed by atoms with Crippen LogP contribution in [0.25, 0.3) is 11.1 Å². The summed E-state index contributed by atoms with van der Waals surface area (Å²) in [6.07, 6.45) is -5.96. The first kappa shape index (κ1) is 22.1. The minimum absolute atomic E-state index is 0.258. The molecule has 3 rings (SSSR count). The Morgan fingerprint density at radius 1 is 1.23 bits per heavy atom. The van der Waals surface area contributed by atoms with Crippen molar-refractivity contribution >= 4 is 5.91 Å². The van der Waals surface area contributed by atoms with E-state index in [9.17, 15) is 29.6 Å². The Morgan fingerprint density at radius 2 is 1.93 bits per heavy atom. The third kappa shape index (κ3) is 4.16. The highest BCUT2D eigenvalue weighted by Gasteiger charge is 2.53. The van der Waals surface area contributed by atoms with Crippen LogP contribution >= 0.6 is 0 Å². The summed E-state index contributed by atoms with van der Waals surface area (Å²) in [6, 6.07) is 10.7. The van der Waals surface area contributed by atoms with Gasteiger partial charge >= 0.3 is 0 Å². The van der Waals surface area contributed by atoms with Crippen LogP contribution in [0.2, 0.25) is 0 Å². The predicted molar refractivity (Wildman–Crippen MR) is 104 cm³/mol. The van der Waals surface area contributed by atoms with E-state index in [1.54, 1.807) is 30.3 Å². The summed E-state index contributed by atoms with van der Waals surface area (Å²) in [7, 11) is 1.51. The van der Waals surface area contributed by atoms with Crippen LogP contribution in [0.4, 0.5) is 4.39 Å². The summed E-state index contributed by atoms with van der Waals surface area (Å²) < 4.78 is 25.5. The molecule has 162 valence electrons. The highest BCUT2D eigenvalue weighted by molar-refractivity contribution is 5.95. The Morgan fingerprint density at radius 3 is 2.57 bits per heavy atom. The number of aliphatic hydroxyl groups excluding tert-OH is 3. The van der Waals surface area contributed by atoms with Gasteiger partial charge in [-0.25, -0.2) is 4.39 Å². The molecule has 0 radical (unpaired) electrons. The first-order chi connectivity index (χ1) is 14.2. The first-order valence-electron chi connectivity index (χ1n) is 9.32. The fraction of sp³-hybridized carbons (Fsp3) is 0.381. The molecule has 8 nitrogen and oxygen atoms in total. The number of aliphatic hydroxyl groups is 4. The van der Waals surface area contributed by atoms with E-state index in [1.807, 2.05) is 0 Å². The predicted octanol–water partition coefficient (Wildman–Crippen LogP) is 0.421. The molecule has 0 aliphatic carbocycles. The molecule has 5 atom stereocenters. The Balaban J connectivity index is 1.85. The number of halogens is 1. The zero-order valence-electron chi connectivity index (χ0n) is 16.4. The van der Waals surface area contributed by atoms with Crippen LogP contribution < -0.4 is 10.1 Å². The molecule has 0 bridgehead atoms. The Bertz CT molecular complexity index is 920. The maximum Gasteiger partial charge on any atom is 0.251 e. The normalized spacial score (nSPS) is 28.8. The Labute approximate surface area is 172 Å². The largest absolute Gasteiger partial charge is 0.459 e. The van der Waals surface area contributed by atoms with Gasteiger partial charge in [-0.3, -0.25) is 4.79 Å². The van der Waals surface area contributed by atoms with Gasteiger partial charge in [0, 0.05) is 12.6 Å². The molecule has 2 aromatic rings. The lowest BCUT2D eigenvalue weighted by molar-refractivity contribution is -0.315. The van der Waals surface area contributed by atoms with Crippen LogP contribution in [0.5, 0.6) is 5.75 Å². The van der Waals surface area contributed by atoms with Gasteiger partial charge in [0.05, 0.1) is 6.61 Å². The number of nitrogens with one attached hydrogen (secondary N) is 1. The molecule has 0 spiro atoms. The molecule has 1 aliphatic rings. The third-order valence-corrected chi connectivity index (χ3v) is 5.11. The van der Waals surface area contributed by atoms with Crippen LogP contribution in [0.3, 0.4) is 0 Å². The maximum atomic E-state index is 14.7. The Kier molecular flexibility index (Phi) is 6.39. The van der Waals surface area contributed by atoms with Crippen LogP contribution in [0.15, 0.2) is 42.5 Å². The highest BCUT2D eigenvalue weighted by atomic mass is 19.1. The van der Waals surface area contributed by atoms with E-state index >= 15 is 0 Å². The number of hydrogen-bond donors (Lipinski definition) is 5. The summed E-state index contributed by atoms with van der Waals surface area (Å²) in [5.41, 5.74) is -0.533. The zero-order valence-corrected chi connectivity index (χ0v) is 16.4. The number of carbonyl (C=O) groups is 1. The third-order valence-electron chi connectivity index (χ3n) is 5.11. The average molecular weight is 421 g/mol. The SMILES string of the molecule is CNC(=O)c1cccc(-c2ccc(O[C@H]3OC(CO)[C@@H](O)[C@H](O)[C@]3(C)O)c(F)c2)c1. The summed E-state index contributed by atoms with van der Waals surface area (Å²) in [4.78, 5) is 11.8. The lowest BCUT2D eigenvalue weighted by atomic mass is 9.88. The minimum atomic E-state index is -2.06. The second-order valence-corrected chi connectivity index (χ2v) is 7.27. The molecule has 9 heteroatoms. The molecule has 30 heavy (non-hydrogen) atoms. The quantitative estimate of drug-likeness (QED) is 0.473. The molecule has 1 amide bonds. The van der Waals surface area contributed by atoms with Gasteiger partial charge in [-0.1, -0.05) is 18.2 Å². The highest BCUT2D eigenvalue weighted by Crippen LogP contribution is 2.33. The van der Waals surface area contributed by atoms with Crippen LogP contribution in [0, 0.1) is 5.82 Å². The van der Waals surface area contributed by atoms with Gasteiger partial charge in [0.1, 0.15) is 18.3 Å². The smallest absolute Gasteiger partial charge is 0.251 e. The van der Waals surface area contributed by atoms with Crippen molar-refractivity contribution in [1.82, 2.24) is 5.32 Å². The molecule has 1 aliphatic heterocycles. The molecule has 1 heterocycles. The number of ether oxygens (including phenoxy) is 2. The molecular weight excluding hydrogens is 397 g/mol. The van der Waals surface area contributed by atoms with Gasteiger partial charge in [0.2, 0.25) is 6.29 Å². The number of carbonyl (C=O) groups excluding carboxylic acids is 1. The summed E-state index contributed by atoms with van der Waals surface area (Å²) in [5.74, 6) is -1.29. The van der Waals surface area contributed by atoms with E-state index in [2.05, 4.69) is 5.32 Å². The van der Waals surface area contributed by atoms with Crippen molar-refractivity contribution < 1.29 is 39.1 Å². The zero-order chi connectivity index (χ0) is 22.1. The van der Waals surface area contributed by atoms with Crippen molar-refractivity contribution in [2.45, 2.75) is 37.1 Å². The monoisotopic (exact) mass is 421 g/mol. The van der Waals surface area contributed by atoms with E-state index in [-0.39, 0.29) is 11.7 Å². The molecule has 1 saturated heterocycles. The van der Waals surface area contributed by atoms with Crippen molar-refractivity contribution in [3.05, 3.63) is 53.8 Å². The molecular formula is C21H24FNO7.